The maximum absolute atomic E-state index is 10.8. The second-order valence-corrected chi connectivity index (χ2v) is 4.17. The fraction of sp³-hybridized carbons (Fsp3) is 0.444. The topological polar surface area (TPSA) is 56.0 Å². The van der Waals surface area contributed by atoms with Crippen LogP contribution in [0, 0.1) is 10.1 Å². The Kier molecular flexibility index (Phi) is 2.50. The number of pyridine rings is 1. The molecule has 0 saturated heterocycles. The van der Waals surface area contributed by atoms with Crippen LogP contribution in [0.15, 0.2) is 10.7 Å². The van der Waals surface area contributed by atoms with Crippen molar-refractivity contribution >= 4 is 21.6 Å². The number of fused-ring (bicyclic) bond motifs is 1. The zero-order valence-electron chi connectivity index (χ0n) is 7.49. The Balaban J connectivity index is 2.58. The summed E-state index contributed by atoms with van der Waals surface area (Å²) in [4.78, 5) is 14.7. The molecule has 0 unspecified atom stereocenters. The van der Waals surface area contributed by atoms with Gasteiger partial charge in [0.15, 0.2) is 0 Å². The van der Waals surface area contributed by atoms with E-state index in [4.69, 9.17) is 0 Å². The summed E-state index contributed by atoms with van der Waals surface area (Å²) >= 11 is 3.19. The van der Waals surface area contributed by atoms with Gasteiger partial charge in [0, 0.05) is 6.07 Å². The molecule has 0 atom stereocenters. The first-order chi connectivity index (χ1) is 6.68. The van der Waals surface area contributed by atoms with Crippen LogP contribution in [0.2, 0.25) is 0 Å². The van der Waals surface area contributed by atoms with Crippen molar-refractivity contribution < 1.29 is 4.92 Å². The third-order valence-corrected chi connectivity index (χ3v) is 2.85. The molecule has 0 saturated carbocycles. The van der Waals surface area contributed by atoms with E-state index in [1.807, 2.05) is 0 Å². The first-order valence-corrected chi connectivity index (χ1v) is 5.30. The van der Waals surface area contributed by atoms with E-state index in [0.717, 1.165) is 36.9 Å². The molecule has 5 heteroatoms. The predicted molar refractivity (Wildman–Crippen MR) is 55.2 cm³/mol. The molecule has 4 nitrogen and oxygen atoms in total. The van der Waals surface area contributed by atoms with Crippen LogP contribution in [0.4, 0.5) is 5.69 Å². The van der Waals surface area contributed by atoms with E-state index < -0.39 is 0 Å². The van der Waals surface area contributed by atoms with Crippen LogP contribution in [-0.2, 0) is 12.8 Å². The summed E-state index contributed by atoms with van der Waals surface area (Å²) in [5, 5.41) is 10.8. The van der Waals surface area contributed by atoms with E-state index in [1.54, 1.807) is 0 Å². The van der Waals surface area contributed by atoms with Crippen molar-refractivity contribution in [3.8, 4) is 0 Å². The number of rotatable bonds is 1. The van der Waals surface area contributed by atoms with Crippen LogP contribution in [0.5, 0.6) is 0 Å². The molecule has 1 aromatic heterocycles. The first kappa shape index (κ1) is 9.58. The third-order valence-electron chi connectivity index (χ3n) is 2.44. The summed E-state index contributed by atoms with van der Waals surface area (Å²) in [7, 11) is 0. The largest absolute Gasteiger partial charge is 0.277 e. The summed E-state index contributed by atoms with van der Waals surface area (Å²) < 4.78 is 0.560. The Bertz CT molecular complexity index is 393. The van der Waals surface area contributed by atoms with Crippen LogP contribution in [0.1, 0.15) is 24.1 Å². The molecule has 14 heavy (non-hydrogen) atoms. The van der Waals surface area contributed by atoms with Gasteiger partial charge in [-0.25, -0.2) is 4.98 Å². The van der Waals surface area contributed by atoms with Gasteiger partial charge in [0.05, 0.1) is 16.2 Å². The molecule has 0 aromatic carbocycles. The van der Waals surface area contributed by atoms with Crippen LogP contribution >= 0.6 is 15.9 Å². The summed E-state index contributed by atoms with van der Waals surface area (Å²) in [6, 6.07) is 1.49. The van der Waals surface area contributed by atoms with E-state index in [1.165, 1.54) is 6.07 Å². The van der Waals surface area contributed by atoms with Gasteiger partial charge in [0.2, 0.25) is 0 Å². The van der Waals surface area contributed by atoms with E-state index in [-0.39, 0.29) is 10.6 Å². The second-order valence-electron chi connectivity index (χ2n) is 3.35. The lowest BCUT2D eigenvalue weighted by Gasteiger charge is -2.14. The van der Waals surface area contributed by atoms with Crippen molar-refractivity contribution in [2.45, 2.75) is 25.7 Å². The van der Waals surface area contributed by atoms with Gasteiger partial charge in [-0.15, -0.1) is 0 Å². The molecule has 0 N–H and O–H groups in total. The van der Waals surface area contributed by atoms with Gasteiger partial charge in [-0.2, -0.15) is 0 Å². The number of aromatic nitrogens is 1. The molecule has 1 aromatic rings. The molecule has 1 aliphatic rings. The number of halogens is 1. The summed E-state index contributed by atoms with van der Waals surface area (Å²) in [6.45, 7) is 0. The van der Waals surface area contributed by atoms with Gasteiger partial charge in [-0.1, -0.05) is 0 Å². The van der Waals surface area contributed by atoms with Crippen molar-refractivity contribution in [2.24, 2.45) is 0 Å². The quantitative estimate of drug-likeness (QED) is 0.441. The van der Waals surface area contributed by atoms with Crippen LogP contribution in [0.3, 0.4) is 0 Å². The Morgan fingerprint density at radius 3 is 2.86 bits per heavy atom. The van der Waals surface area contributed by atoms with Crippen molar-refractivity contribution in [1.82, 2.24) is 4.98 Å². The van der Waals surface area contributed by atoms with Crippen molar-refractivity contribution in [3.63, 3.8) is 0 Å². The molecular formula is C9H9BrN2O2. The lowest BCUT2D eigenvalue weighted by Crippen LogP contribution is -2.08. The SMILES string of the molecule is O=[N+]([O-])c1cc(Br)nc2c1CCCC2. The number of nitrogens with zero attached hydrogens (tertiary/aromatic N) is 2. The van der Waals surface area contributed by atoms with Crippen molar-refractivity contribution in [2.75, 3.05) is 0 Å². The molecule has 1 heterocycles. The Labute approximate surface area is 89.6 Å². The van der Waals surface area contributed by atoms with E-state index in [0.29, 0.717) is 4.60 Å². The fourth-order valence-electron chi connectivity index (χ4n) is 1.81. The number of aryl methyl sites for hydroxylation is 1. The average molecular weight is 257 g/mol. The molecule has 0 spiro atoms. The average Bonchev–Trinajstić information content (AvgIpc) is 2.16. The smallest absolute Gasteiger partial charge is 0.258 e. The van der Waals surface area contributed by atoms with Gasteiger partial charge in [-0.05, 0) is 41.6 Å². The fourth-order valence-corrected chi connectivity index (χ4v) is 2.24. The highest BCUT2D eigenvalue weighted by atomic mass is 79.9. The van der Waals surface area contributed by atoms with Gasteiger partial charge in [-0.3, -0.25) is 10.1 Å². The van der Waals surface area contributed by atoms with E-state index in [2.05, 4.69) is 20.9 Å². The maximum atomic E-state index is 10.8. The van der Waals surface area contributed by atoms with Gasteiger partial charge in [0.25, 0.3) is 5.69 Å². The lowest BCUT2D eigenvalue weighted by molar-refractivity contribution is -0.385. The summed E-state index contributed by atoms with van der Waals surface area (Å²) in [5.41, 5.74) is 1.92. The predicted octanol–water partition coefficient (Wildman–Crippen LogP) is 2.63. The zero-order valence-corrected chi connectivity index (χ0v) is 9.08. The maximum Gasteiger partial charge on any atom is 0.277 e. The third kappa shape index (κ3) is 1.64. The molecule has 0 amide bonds. The molecule has 74 valence electrons. The first-order valence-electron chi connectivity index (χ1n) is 4.51. The highest BCUT2D eigenvalue weighted by molar-refractivity contribution is 9.10. The summed E-state index contributed by atoms with van der Waals surface area (Å²) in [6.07, 6.45) is 3.74. The molecular weight excluding hydrogens is 248 g/mol. The minimum absolute atomic E-state index is 0.210. The van der Waals surface area contributed by atoms with E-state index >= 15 is 0 Å². The standard InChI is InChI=1S/C9H9BrN2O2/c10-9-5-8(12(13)14)6-3-1-2-4-7(6)11-9/h5H,1-4H2. The van der Waals surface area contributed by atoms with Crippen LogP contribution in [0.25, 0.3) is 0 Å². The number of hydrogen-bond acceptors (Lipinski definition) is 3. The molecule has 0 bridgehead atoms. The highest BCUT2D eigenvalue weighted by Gasteiger charge is 2.22. The second kappa shape index (κ2) is 3.65. The van der Waals surface area contributed by atoms with Gasteiger partial charge < -0.3 is 0 Å². The molecule has 0 radical (unpaired) electrons. The molecule has 0 aliphatic heterocycles. The van der Waals surface area contributed by atoms with Gasteiger partial charge >= 0.3 is 0 Å². The van der Waals surface area contributed by atoms with Crippen molar-refractivity contribution in [1.29, 1.82) is 0 Å². The lowest BCUT2D eigenvalue weighted by atomic mass is 9.95. The zero-order chi connectivity index (χ0) is 10.1. The molecule has 1 aliphatic carbocycles. The van der Waals surface area contributed by atoms with Gasteiger partial charge in [0.1, 0.15) is 4.60 Å². The van der Waals surface area contributed by atoms with Crippen molar-refractivity contribution in [3.05, 3.63) is 32.0 Å². The Morgan fingerprint density at radius 1 is 1.43 bits per heavy atom. The summed E-state index contributed by atoms with van der Waals surface area (Å²) in [5.74, 6) is 0. The Hall–Kier alpha value is -0.970. The molecule has 0 fully saturated rings. The monoisotopic (exact) mass is 256 g/mol. The molecule has 2 rings (SSSR count). The number of nitro groups is 1. The highest BCUT2D eigenvalue weighted by Crippen LogP contribution is 2.30. The van der Waals surface area contributed by atoms with E-state index in [9.17, 15) is 10.1 Å². The minimum Gasteiger partial charge on any atom is -0.258 e. The minimum atomic E-state index is -0.323. The number of hydrogen-bond donors (Lipinski definition) is 0. The van der Waals surface area contributed by atoms with Crippen LogP contribution in [-0.4, -0.2) is 9.91 Å². The normalized spacial score (nSPS) is 14.9. The Morgan fingerprint density at radius 2 is 2.14 bits per heavy atom. The van der Waals surface area contributed by atoms with Crippen LogP contribution < -0.4 is 0 Å².